The average molecular weight is 1510 g/mol. The highest BCUT2D eigenvalue weighted by Crippen LogP contribution is 2.45. The van der Waals surface area contributed by atoms with Gasteiger partial charge in [-0.25, -0.2) is 9.13 Å². The van der Waals surface area contributed by atoms with Gasteiger partial charge in [-0.2, -0.15) is 0 Å². The quantitative estimate of drug-likeness (QED) is 0.0222. The lowest BCUT2D eigenvalue weighted by atomic mass is 10.0. The molecular weight excluding hydrogens is 1340 g/mol. The van der Waals surface area contributed by atoms with Crippen LogP contribution in [-0.4, -0.2) is 96.7 Å². The molecule has 5 atom stereocenters. The van der Waals surface area contributed by atoms with Crippen LogP contribution in [0.1, 0.15) is 452 Å². The highest BCUT2D eigenvalue weighted by atomic mass is 31.2. The Morgan fingerprint density at radius 2 is 0.447 bits per heavy atom. The molecule has 0 amide bonds. The van der Waals surface area contributed by atoms with Gasteiger partial charge < -0.3 is 33.8 Å². The second-order valence-electron chi connectivity index (χ2n) is 30.7. The molecule has 2 unspecified atom stereocenters. The normalized spacial score (nSPS) is 13.8. The summed E-state index contributed by atoms with van der Waals surface area (Å²) in [7, 11) is -9.92. The van der Waals surface area contributed by atoms with Crippen LogP contribution in [0.25, 0.3) is 0 Å². The molecule has 103 heavy (non-hydrogen) atoms. The largest absolute Gasteiger partial charge is 0.472 e. The first-order valence-electron chi connectivity index (χ1n) is 43.6. The standard InChI is InChI=1S/C84H164O17P2/c1-6-9-12-15-18-21-23-25-27-28-29-30-31-32-33-35-41-45-50-55-60-65-70-84(89)101-80(74-95-82(87)68-63-58-53-48-43-39-37-36-38-42-47-51-56-61-66-77(4)5)76-99-103(92,93)97-72-78(85)71-96-102(90,91)98-75-79(73-94-81(86)67-62-57-52-46-20-17-14-11-8-3)100-83(88)69-64-59-54-49-44-40-34-26-24-22-19-16-13-10-7-2/h77-80,85H,6-76H2,1-5H3,(H,90,91)(H,92,93)/t78-,79+,80+/m0/s1. The third kappa shape index (κ3) is 78.0. The Morgan fingerprint density at radius 1 is 0.262 bits per heavy atom. The number of ether oxygens (including phenoxy) is 4. The minimum absolute atomic E-state index is 0.109. The third-order valence-corrected chi connectivity index (χ3v) is 21.7. The number of carbonyl (C=O) groups is 4. The fraction of sp³-hybridized carbons (Fsp3) is 0.952. The Labute approximate surface area is 632 Å². The van der Waals surface area contributed by atoms with Gasteiger partial charge in [0.1, 0.15) is 19.3 Å². The van der Waals surface area contributed by atoms with Gasteiger partial charge in [0.05, 0.1) is 26.4 Å². The van der Waals surface area contributed by atoms with E-state index in [9.17, 15) is 43.2 Å². The van der Waals surface area contributed by atoms with Crippen LogP contribution in [0.15, 0.2) is 0 Å². The second kappa shape index (κ2) is 76.8. The molecule has 0 radical (unpaired) electrons. The van der Waals surface area contributed by atoms with Crippen molar-refractivity contribution in [1.29, 1.82) is 0 Å². The van der Waals surface area contributed by atoms with Crippen LogP contribution >= 0.6 is 15.6 Å². The molecule has 0 aromatic carbocycles. The molecule has 17 nitrogen and oxygen atoms in total. The number of hydrogen-bond acceptors (Lipinski definition) is 15. The maximum absolute atomic E-state index is 13.1. The lowest BCUT2D eigenvalue weighted by Gasteiger charge is -2.21. The maximum Gasteiger partial charge on any atom is 0.472 e. The Bertz CT molecular complexity index is 1960. The molecule has 0 fully saturated rings. The molecule has 0 spiro atoms. The summed E-state index contributed by atoms with van der Waals surface area (Å²) in [5.41, 5.74) is 0. The first kappa shape index (κ1) is 101. The van der Waals surface area contributed by atoms with E-state index >= 15 is 0 Å². The summed E-state index contributed by atoms with van der Waals surface area (Å²) in [6.07, 6.45) is 69.5. The predicted octanol–water partition coefficient (Wildman–Crippen LogP) is 25.6. The van der Waals surface area contributed by atoms with Crippen molar-refractivity contribution in [2.75, 3.05) is 39.6 Å². The van der Waals surface area contributed by atoms with Crippen LogP contribution < -0.4 is 0 Å². The monoisotopic (exact) mass is 1510 g/mol. The summed E-state index contributed by atoms with van der Waals surface area (Å²) in [6, 6.07) is 0. The number of unbranched alkanes of at least 4 members (excludes halogenated alkanes) is 56. The molecule has 19 heteroatoms. The fourth-order valence-electron chi connectivity index (χ4n) is 13.1. The molecule has 0 aromatic rings. The average Bonchev–Trinajstić information content (AvgIpc) is 0.928. The van der Waals surface area contributed by atoms with Crippen LogP contribution in [-0.2, 0) is 65.4 Å². The van der Waals surface area contributed by atoms with Gasteiger partial charge in [-0.05, 0) is 31.6 Å². The van der Waals surface area contributed by atoms with Crippen LogP contribution in [0.2, 0.25) is 0 Å². The van der Waals surface area contributed by atoms with Gasteiger partial charge in [0.15, 0.2) is 12.2 Å². The molecule has 612 valence electrons. The summed E-state index contributed by atoms with van der Waals surface area (Å²) in [4.78, 5) is 73.1. The van der Waals surface area contributed by atoms with E-state index < -0.39 is 97.5 Å². The first-order chi connectivity index (χ1) is 50.0. The Morgan fingerprint density at radius 3 is 0.660 bits per heavy atom. The smallest absolute Gasteiger partial charge is 0.462 e. The lowest BCUT2D eigenvalue weighted by Crippen LogP contribution is -2.30. The highest BCUT2D eigenvalue weighted by molar-refractivity contribution is 7.47. The minimum Gasteiger partial charge on any atom is -0.462 e. The molecule has 0 bridgehead atoms. The fourth-order valence-corrected chi connectivity index (χ4v) is 14.7. The molecule has 0 aromatic heterocycles. The van der Waals surface area contributed by atoms with Gasteiger partial charge >= 0.3 is 39.5 Å². The van der Waals surface area contributed by atoms with E-state index in [0.29, 0.717) is 25.7 Å². The molecule has 3 N–H and O–H groups in total. The van der Waals surface area contributed by atoms with E-state index in [0.717, 1.165) is 95.8 Å². The molecular formula is C84H164O17P2. The number of hydrogen-bond donors (Lipinski definition) is 3. The molecule has 0 aliphatic rings. The van der Waals surface area contributed by atoms with Crippen LogP contribution in [0.4, 0.5) is 0 Å². The number of phosphoric acid groups is 2. The van der Waals surface area contributed by atoms with Gasteiger partial charge in [-0.1, -0.05) is 401 Å². The van der Waals surface area contributed by atoms with E-state index in [1.165, 1.54) is 276 Å². The zero-order valence-corrected chi connectivity index (χ0v) is 69.3. The molecule has 0 saturated heterocycles. The number of phosphoric ester groups is 2. The van der Waals surface area contributed by atoms with Crippen molar-refractivity contribution >= 4 is 39.5 Å². The van der Waals surface area contributed by atoms with Gasteiger partial charge in [0.2, 0.25) is 0 Å². The zero-order chi connectivity index (χ0) is 75.5. The summed E-state index contributed by atoms with van der Waals surface area (Å²) in [5.74, 6) is -1.30. The van der Waals surface area contributed by atoms with E-state index in [1.54, 1.807) is 0 Å². The summed E-state index contributed by atoms with van der Waals surface area (Å²) >= 11 is 0. The Hall–Kier alpha value is -1.94. The summed E-state index contributed by atoms with van der Waals surface area (Å²) in [6.45, 7) is 7.36. The lowest BCUT2D eigenvalue weighted by molar-refractivity contribution is -0.161. The maximum atomic E-state index is 13.1. The number of aliphatic hydroxyl groups excluding tert-OH is 1. The van der Waals surface area contributed by atoms with E-state index in [1.807, 2.05) is 0 Å². The summed E-state index contributed by atoms with van der Waals surface area (Å²) < 4.78 is 68.8. The van der Waals surface area contributed by atoms with Gasteiger partial charge in [-0.3, -0.25) is 37.3 Å². The van der Waals surface area contributed by atoms with Crippen molar-refractivity contribution < 1.29 is 80.2 Å². The highest BCUT2D eigenvalue weighted by Gasteiger charge is 2.30. The third-order valence-electron chi connectivity index (χ3n) is 19.8. The number of esters is 4. The van der Waals surface area contributed by atoms with Gasteiger partial charge in [-0.15, -0.1) is 0 Å². The van der Waals surface area contributed by atoms with Gasteiger partial charge in [0, 0.05) is 25.7 Å². The zero-order valence-electron chi connectivity index (χ0n) is 67.5. The number of aliphatic hydroxyl groups is 1. The Balaban J connectivity index is 5.20. The Kier molecular flexibility index (Phi) is 75.4. The van der Waals surface area contributed by atoms with Crippen molar-refractivity contribution in [1.82, 2.24) is 0 Å². The molecule has 0 aliphatic carbocycles. The number of rotatable bonds is 84. The van der Waals surface area contributed by atoms with Crippen LogP contribution in [0, 0.1) is 5.92 Å². The first-order valence-corrected chi connectivity index (χ1v) is 46.6. The van der Waals surface area contributed by atoms with Crippen LogP contribution in [0.5, 0.6) is 0 Å². The topological polar surface area (TPSA) is 237 Å². The molecule has 0 rings (SSSR count). The SMILES string of the molecule is CCCCCCCCCCCCCCCCCCCCCCCCC(=O)O[C@H](COC(=O)CCCCCCCCCCCCCCCCC(C)C)COP(=O)(O)OC[C@@H](O)COP(=O)(O)OC[C@@H](COC(=O)CCCCCCCCCCC)OC(=O)CCCCCCCCCCCCCCCCC. The van der Waals surface area contributed by atoms with Crippen molar-refractivity contribution in [3.05, 3.63) is 0 Å². The van der Waals surface area contributed by atoms with Gasteiger partial charge in [0.25, 0.3) is 0 Å². The van der Waals surface area contributed by atoms with Crippen molar-refractivity contribution in [3.63, 3.8) is 0 Å². The van der Waals surface area contributed by atoms with Crippen molar-refractivity contribution in [2.45, 2.75) is 470 Å². The van der Waals surface area contributed by atoms with Crippen LogP contribution in [0.3, 0.4) is 0 Å². The molecule has 0 aliphatic heterocycles. The van der Waals surface area contributed by atoms with Crippen molar-refractivity contribution in [2.24, 2.45) is 5.92 Å². The van der Waals surface area contributed by atoms with E-state index in [2.05, 4.69) is 34.6 Å². The molecule has 0 saturated carbocycles. The summed E-state index contributed by atoms with van der Waals surface area (Å²) in [5, 5.41) is 10.7. The van der Waals surface area contributed by atoms with Crippen molar-refractivity contribution in [3.8, 4) is 0 Å². The molecule has 0 heterocycles. The minimum atomic E-state index is -4.96. The van der Waals surface area contributed by atoms with E-state index in [4.69, 9.17) is 37.0 Å². The van der Waals surface area contributed by atoms with E-state index in [-0.39, 0.29) is 25.7 Å². The number of carbonyl (C=O) groups excluding carboxylic acids is 4. The second-order valence-corrected chi connectivity index (χ2v) is 33.6. The predicted molar refractivity (Wildman–Crippen MR) is 423 cm³/mol.